The van der Waals surface area contributed by atoms with E-state index in [0.717, 1.165) is 0 Å². The fraction of sp³-hybridized carbons (Fsp3) is 0.208. The molecule has 1 atom stereocenters. The summed E-state index contributed by atoms with van der Waals surface area (Å²) >= 11 is 0. The molecule has 0 saturated heterocycles. The number of amides is 1. The van der Waals surface area contributed by atoms with Crippen LogP contribution in [0.1, 0.15) is 34.5 Å². The topological polar surface area (TPSA) is 119 Å². The van der Waals surface area contributed by atoms with E-state index in [9.17, 15) is 23.3 Å². The number of benzene rings is 3. The average Bonchev–Trinajstić information content (AvgIpc) is 2.83. The number of aryl methyl sites for hydroxylation is 1. The third-order valence-corrected chi connectivity index (χ3v) is 6.94. The first-order valence-electron chi connectivity index (χ1n) is 10.3. The van der Waals surface area contributed by atoms with E-state index in [2.05, 4.69) is 4.72 Å². The van der Waals surface area contributed by atoms with Gasteiger partial charge in [0.1, 0.15) is 5.75 Å². The van der Waals surface area contributed by atoms with Crippen molar-refractivity contribution in [2.75, 3.05) is 18.9 Å². The molecule has 34 heavy (non-hydrogen) atoms. The van der Waals surface area contributed by atoms with E-state index in [-0.39, 0.29) is 16.1 Å². The van der Waals surface area contributed by atoms with Crippen LogP contribution in [0.4, 0.5) is 11.4 Å². The smallest absolute Gasteiger partial charge is 0.269 e. The number of nitro groups is 1. The van der Waals surface area contributed by atoms with Crippen LogP contribution in [0, 0.1) is 17.0 Å². The van der Waals surface area contributed by atoms with Gasteiger partial charge in [0.15, 0.2) is 0 Å². The largest absolute Gasteiger partial charge is 0.497 e. The molecule has 3 aromatic carbocycles. The molecule has 10 heteroatoms. The SMILES string of the molecule is COc1ccc(NS(=O)(=O)c2ccc(C)c(C(=O)N(C)C(C)c3cccc([N+](=O)[O-])c3)c2)cc1. The van der Waals surface area contributed by atoms with Crippen molar-refractivity contribution in [2.45, 2.75) is 24.8 Å². The summed E-state index contributed by atoms with van der Waals surface area (Å²) in [5.74, 6) is 0.185. The average molecular weight is 484 g/mol. The number of sulfonamides is 1. The minimum atomic E-state index is -3.96. The number of rotatable bonds is 8. The van der Waals surface area contributed by atoms with Gasteiger partial charge in [-0.25, -0.2) is 8.42 Å². The lowest BCUT2D eigenvalue weighted by molar-refractivity contribution is -0.384. The zero-order valence-corrected chi connectivity index (χ0v) is 20.0. The van der Waals surface area contributed by atoms with Gasteiger partial charge in [-0.15, -0.1) is 0 Å². The van der Waals surface area contributed by atoms with Crippen LogP contribution in [0.5, 0.6) is 5.75 Å². The van der Waals surface area contributed by atoms with Crippen LogP contribution in [0.25, 0.3) is 0 Å². The Balaban J connectivity index is 1.87. The highest BCUT2D eigenvalue weighted by Gasteiger charge is 2.24. The summed E-state index contributed by atoms with van der Waals surface area (Å²) in [5, 5.41) is 11.1. The number of anilines is 1. The second-order valence-electron chi connectivity index (χ2n) is 7.75. The van der Waals surface area contributed by atoms with Crippen LogP contribution in [-0.2, 0) is 10.0 Å². The van der Waals surface area contributed by atoms with Crippen molar-refractivity contribution >= 4 is 27.3 Å². The Hall–Kier alpha value is -3.92. The second kappa shape index (κ2) is 9.92. The summed E-state index contributed by atoms with van der Waals surface area (Å²) in [4.78, 5) is 25.2. The Morgan fingerprint density at radius 2 is 1.76 bits per heavy atom. The lowest BCUT2D eigenvalue weighted by Gasteiger charge is -2.26. The zero-order chi connectivity index (χ0) is 25.0. The highest BCUT2D eigenvalue weighted by molar-refractivity contribution is 7.92. The Kier molecular flexibility index (Phi) is 7.21. The molecule has 0 aliphatic carbocycles. The maximum absolute atomic E-state index is 13.3. The first kappa shape index (κ1) is 24.7. The molecular formula is C24H25N3O6S. The Morgan fingerprint density at radius 3 is 2.38 bits per heavy atom. The molecule has 0 aliphatic rings. The van der Waals surface area contributed by atoms with Gasteiger partial charge < -0.3 is 9.64 Å². The van der Waals surface area contributed by atoms with Gasteiger partial charge in [-0.1, -0.05) is 18.2 Å². The molecule has 0 aromatic heterocycles. The Bertz CT molecular complexity index is 1320. The fourth-order valence-corrected chi connectivity index (χ4v) is 4.44. The number of carbonyl (C=O) groups is 1. The molecule has 3 rings (SSSR count). The number of carbonyl (C=O) groups excluding carboxylic acids is 1. The van der Waals surface area contributed by atoms with Crippen molar-refractivity contribution in [3.63, 3.8) is 0 Å². The monoisotopic (exact) mass is 483 g/mol. The quantitative estimate of drug-likeness (QED) is 0.371. The van der Waals surface area contributed by atoms with Crippen molar-refractivity contribution < 1.29 is 22.9 Å². The van der Waals surface area contributed by atoms with Gasteiger partial charge in [0.05, 0.1) is 23.0 Å². The summed E-state index contributed by atoms with van der Waals surface area (Å²) in [6, 6.07) is 16.3. The van der Waals surface area contributed by atoms with Crippen LogP contribution >= 0.6 is 0 Å². The molecule has 0 spiro atoms. The maximum Gasteiger partial charge on any atom is 0.269 e. The van der Waals surface area contributed by atoms with E-state index < -0.39 is 26.9 Å². The van der Waals surface area contributed by atoms with Gasteiger partial charge in [-0.2, -0.15) is 0 Å². The number of hydrogen-bond donors (Lipinski definition) is 1. The van der Waals surface area contributed by atoms with Crippen molar-refractivity contribution in [3.8, 4) is 5.75 Å². The van der Waals surface area contributed by atoms with Gasteiger partial charge in [-0.3, -0.25) is 19.6 Å². The predicted molar refractivity (Wildman–Crippen MR) is 129 cm³/mol. The van der Waals surface area contributed by atoms with Crippen molar-refractivity contribution in [1.82, 2.24) is 4.90 Å². The van der Waals surface area contributed by atoms with Crippen LogP contribution in [0.3, 0.4) is 0 Å². The van der Waals surface area contributed by atoms with Crippen LogP contribution in [0.15, 0.2) is 71.6 Å². The molecule has 9 nitrogen and oxygen atoms in total. The molecule has 178 valence electrons. The Labute approximate surface area is 198 Å². The number of hydrogen-bond acceptors (Lipinski definition) is 6. The molecule has 0 bridgehead atoms. The van der Waals surface area contributed by atoms with Crippen molar-refractivity contribution in [3.05, 3.63) is 93.5 Å². The van der Waals surface area contributed by atoms with Gasteiger partial charge in [0, 0.05) is 30.4 Å². The lowest BCUT2D eigenvalue weighted by Crippen LogP contribution is -2.30. The molecule has 1 amide bonds. The highest BCUT2D eigenvalue weighted by Crippen LogP contribution is 2.26. The summed E-state index contributed by atoms with van der Waals surface area (Å²) in [6.45, 7) is 3.46. The van der Waals surface area contributed by atoms with E-state index in [4.69, 9.17) is 4.74 Å². The molecule has 0 aliphatic heterocycles. The normalized spacial score (nSPS) is 12.0. The van der Waals surface area contributed by atoms with Crippen molar-refractivity contribution in [1.29, 1.82) is 0 Å². The van der Waals surface area contributed by atoms with E-state index in [1.54, 1.807) is 63.4 Å². The number of methoxy groups -OCH3 is 1. The molecule has 0 radical (unpaired) electrons. The molecule has 1 unspecified atom stereocenters. The summed E-state index contributed by atoms with van der Waals surface area (Å²) in [5.41, 5.74) is 1.70. The first-order valence-corrected chi connectivity index (χ1v) is 11.8. The predicted octanol–water partition coefficient (Wildman–Crippen LogP) is 4.55. The van der Waals surface area contributed by atoms with Gasteiger partial charge in [0.2, 0.25) is 0 Å². The van der Waals surface area contributed by atoms with E-state index >= 15 is 0 Å². The number of nitro benzene ring substituents is 1. The van der Waals surface area contributed by atoms with Gasteiger partial charge >= 0.3 is 0 Å². The van der Waals surface area contributed by atoms with Crippen LogP contribution in [0.2, 0.25) is 0 Å². The van der Waals surface area contributed by atoms with E-state index in [1.165, 1.54) is 36.3 Å². The molecule has 0 saturated carbocycles. The minimum Gasteiger partial charge on any atom is -0.497 e. The van der Waals surface area contributed by atoms with Gasteiger partial charge in [-0.05, 0) is 61.4 Å². The molecule has 3 aromatic rings. The third-order valence-electron chi connectivity index (χ3n) is 5.56. The number of nitrogens with one attached hydrogen (secondary N) is 1. The van der Waals surface area contributed by atoms with Gasteiger partial charge in [0.25, 0.3) is 21.6 Å². The van der Waals surface area contributed by atoms with Crippen LogP contribution in [-0.4, -0.2) is 38.3 Å². The number of non-ortho nitro benzene ring substituents is 1. The first-order chi connectivity index (χ1) is 16.0. The summed E-state index contributed by atoms with van der Waals surface area (Å²) in [6.07, 6.45) is 0. The van der Waals surface area contributed by atoms with E-state index in [1.807, 2.05) is 0 Å². The molecule has 0 fully saturated rings. The van der Waals surface area contributed by atoms with Crippen LogP contribution < -0.4 is 9.46 Å². The minimum absolute atomic E-state index is 0.0614. The zero-order valence-electron chi connectivity index (χ0n) is 19.2. The number of nitrogens with zero attached hydrogens (tertiary/aromatic N) is 2. The maximum atomic E-state index is 13.3. The third kappa shape index (κ3) is 5.34. The standard InChI is InChI=1S/C24H25N3O6S/c1-16-8-13-22(34(31,32)25-19-9-11-21(33-4)12-10-19)15-23(16)24(28)26(3)17(2)18-6-5-7-20(14-18)27(29)30/h5-15,17,25H,1-4H3. The lowest BCUT2D eigenvalue weighted by atomic mass is 10.0. The number of ether oxygens (including phenoxy) is 1. The molecule has 0 heterocycles. The highest BCUT2D eigenvalue weighted by atomic mass is 32.2. The second-order valence-corrected chi connectivity index (χ2v) is 9.44. The summed E-state index contributed by atoms with van der Waals surface area (Å²) < 4.78 is 33.4. The molecular weight excluding hydrogens is 458 g/mol. The fourth-order valence-electron chi connectivity index (χ4n) is 3.36. The molecule has 1 N–H and O–H groups in total. The van der Waals surface area contributed by atoms with Crippen molar-refractivity contribution in [2.24, 2.45) is 0 Å². The summed E-state index contributed by atoms with van der Waals surface area (Å²) in [7, 11) is -0.869. The van der Waals surface area contributed by atoms with E-state index in [0.29, 0.717) is 22.6 Å². The Morgan fingerprint density at radius 1 is 1.09 bits per heavy atom.